The van der Waals surface area contributed by atoms with Gasteiger partial charge in [0.1, 0.15) is 6.61 Å². The molecule has 1 saturated heterocycles. The number of thioether (sulfide) groups is 1. The predicted molar refractivity (Wildman–Crippen MR) is 122 cm³/mol. The molecule has 0 N–H and O–H groups in total. The number of aryl methyl sites for hydroxylation is 1. The quantitative estimate of drug-likeness (QED) is 0.522. The van der Waals surface area contributed by atoms with Crippen LogP contribution in [-0.2, 0) is 27.4 Å². The first-order valence-electron chi connectivity index (χ1n) is 10.4. The van der Waals surface area contributed by atoms with E-state index >= 15 is 0 Å². The second kappa shape index (κ2) is 11.6. The maximum atomic E-state index is 12.6. The number of ether oxygens (including phenoxy) is 3. The third-order valence-electron chi connectivity index (χ3n) is 5.26. The van der Waals surface area contributed by atoms with E-state index in [0.717, 1.165) is 24.1 Å². The van der Waals surface area contributed by atoms with E-state index in [2.05, 4.69) is 4.74 Å². The summed E-state index contributed by atoms with van der Waals surface area (Å²) in [5.74, 6) is 1.61. The number of nitrogens with zero attached hydrogens (tertiary/aromatic N) is 1. The minimum absolute atomic E-state index is 0.142. The van der Waals surface area contributed by atoms with Gasteiger partial charge in [0.15, 0.2) is 11.5 Å². The minimum Gasteiger partial charge on any atom is -0.493 e. The van der Waals surface area contributed by atoms with Gasteiger partial charge in [-0.3, -0.25) is 9.59 Å². The Morgan fingerprint density at radius 1 is 1.06 bits per heavy atom. The topological polar surface area (TPSA) is 65.1 Å². The highest BCUT2D eigenvalue weighted by Gasteiger charge is 2.26. The zero-order chi connectivity index (χ0) is 22.1. The summed E-state index contributed by atoms with van der Waals surface area (Å²) in [5, 5.41) is 0.294. The third kappa shape index (κ3) is 6.92. The van der Waals surface area contributed by atoms with Crippen molar-refractivity contribution in [2.45, 2.75) is 31.1 Å². The molecule has 1 aliphatic rings. The van der Waals surface area contributed by atoms with Gasteiger partial charge in [0, 0.05) is 24.8 Å². The van der Waals surface area contributed by atoms with Gasteiger partial charge in [-0.15, -0.1) is 11.8 Å². The summed E-state index contributed by atoms with van der Waals surface area (Å²) in [6.45, 7) is 1.89. The van der Waals surface area contributed by atoms with Crippen LogP contribution in [0.1, 0.15) is 24.0 Å². The number of hydrogen-bond donors (Lipinski definition) is 0. The maximum absolute atomic E-state index is 12.6. The van der Waals surface area contributed by atoms with E-state index in [0.29, 0.717) is 48.5 Å². The number of amides is 1. The normalized spacial score (nSPS) is 15.5. The van der Waals surface area contributed by atoms with Crippen molar-refractivity contribution in [3.05, 3.63) is 59.7 Å². The molecule has 166 valence electrons. The number of rotatable bonds is 10. The van der Waals surface area contributed by atoms with E-state index in [9.17, 15) is 9.59 Å². The lowest BCUT2D eigenvalue weighted by atomic mass is 10.1. The molecule has 0 unspecified atom stereocenters. The van der Waals surface area contributed by atoms with Crippen LogP contribution in [0.3, 0.4) is 0 Å². The van der Waals surface area contributed by atoms with Crippen LogP contribution in [0.5, 0.6) is 11.5 Å². The molecule has 1 aliphatic heterocycles. The van der Waals surface area contributed by atoms with Crippen LogP contribution >= 0.6 is 11.8 Å². The molecule has 31 heavy (non-hydrogen) atoms. The molecule has 0 saturated carbocycles. The highest BCUT2D eigenvalue weighted by atomic mass is 32.2. The molecule has 2 aromatic carbocycles. The fourth-order valence-corrected chi connectivity index (χ4v) is 4.52. The molecule has 7 heteroatoms. The minimum atomic E-state index is -0.223. The van der Waals surface area contributed by atoms with Crippen molar-refractivity contribution in [1.82, 2.24) is 4.90 Å². The van der Waals surface area contributed by atoms with E-state index in [1.165, 1.54) is 7.11 Å². The summed E-state index contributed by atoms with van der Waals surface area (Å²) < 4.78 is 16.1. The number of benzene rings is 2. The number of carbonyl (C=O) groups is 2. The summed E-state index contributed by atoms with van der Waals surface area (Å²) in [7, 11) is 3.01. The van der Waals surface area contributed by atoms with Gasteiger partial charge >= 0.3 is 5.97 Å². The van der Waals surface area contributed by atoms with Crippen LogP contribution in [0.4, 0.5) is 0 Å². The van der Waals surface area contributed by atoms with Crippen molar-refractivity contribution in [2.75, 3.05) is 33.1 Å². The van der Waals surface area contributed by atoms with Crippen LogP contribution < -0.4 is 9.47 Å². The van der Waals surface area contributed by atoms with E-state index in [4.69, 9.17) is 9.47 Å². The second-order valence-corrected chi connectivity index (χ2v) is 8.69. The van der Waals surface area contributed by atoms with Crippen molar-refractivity contribution < 1.29 is 23.8 Å². The van der Waals surface area contributed by atoms with Crippen molar-refractivity contribution in [3.63, 3.8) is 0 Å². The van der Waals surface area contributed by atoms with Gasteiger partial charge in [-0.1, -0.05) is 36.4 Å². The van der Waals surface area contributed by atoms with Crippen LogP contribution in [0.15, 0.2) is 48.5 Å². The third-order valence-corrected chi connectivity index (χ3v) is 6.51. The van der Waals surface area contributed by atoms with Crippen molar-refractivity contribution in [3.8, 4) is 11.5 Å². The van der Waals surface area contributed by atoms with Crippen LogP contribution in [0, 0.1) is 0 Å². The van der Waals surface area contributed by atoms with Crippen molar-refractivity contribution >= 4 is 23.6 Å². The Balaban J connectivity index is 1.50. The first kappa shape index (κ1) is 23.0. The Bertz CT molecular complexity index is 874. The lowest BCUT2D eigenvalue weighted by Crippen LogP contribution is -2.29. The van der Waals surface area contributed by atoms with Gasteiger partial charge in [0.25, 0.3) is 0 Å². The standard InChI is InChI=1S/C24H29NO5S/c1-28-21-10-8-18(14-22(21)30-16-19-6-4-3-5-7-19)9-11-23(26)25-13-12-20(15-25)31-17-24(27)29-2/h3-8,10,14,20H,9,11-13,15-17H2,1-2H3/t20-/m0/s1. The van der Waals surface area contributed by atoms with Crippen LogP contribution in [0.2, 0.25) is 0 Å². The zero-order valence-corrected chi connectivity index (χ0v) is 18.9. The molecule has 6 nitrogen and oxygen atoms in total. The van der Waals surface area contributed by atoms with Crippen molar-refractivity contribution in [1.29, 1.82) is 0 Å². The molecule has 3 rings (SSSR count). The largest absolute Gasteiger partial charge is 0.493 e. The molecule has 0 aromatic heterocycles. The SMILES string of the molecule is COC(=O)CS[C@H]1CCN(C(=O)CCc2ccc(OC)c(OCc3ccccc3)c2)C1. The highest BCUT2D eigenvalue weighted by Crippen LogP contribution is 2.30. The fraction of sp³-hybridized carbons (Fsp3) is 0.417. The van der Waals surface area contributed by atoms with E-state index in [-0.39, 0.29) is 11.9 Å². The lowest BCUT2D eigenvalue weighted by molar-refractivity contribution is -0.137. The van der Waals surface area contributed by atoms with Gasteiger partial charge in [-0.05, 0) is 36.1 Å². The number of esters is 1. The first-order chi connectivity index (χ1) is 15.1. The average molecular weight is 444 g/mol. The monoisotopic (exact) mass is 443 g/mol. The molecular weight excluding hydrogens is 414 g/mol. The second-order valence-electron chi connectivity index (χ2n) is 7.40. The number of likely N-dealkylation sites (tertiary alicyclic amines) is 1. The summed E-state index contributed by atoms with van der Waals surface area (Å²) in [6, 6.07) is 15.8. The Labute approximate surface area is 187 Å². The van der Waals surface area contributed by atoms with Gasteiger partial charge in [-0.2, -0.15) is 0 Å². The van der Waals surface area contributed by atoms with E-state index < -0.39 is 0 Å². The molecule has 0 spiro atoms. The van der Waals surface area contributed by atoms with Crippen LogP contribution in [0.25, 0.3) is 0 Å². The van der Waals surface area contributed by atoms with E-state index in [1.807, 2.05) is 53.4 Å². The van der Waals surface area contributed by atoms with Gasteiger partial charge in [0.05, 0.1) is 20.0 Å². The van der Waals surface area contributed by atoms with Gasteiger partial charge in [0.2, 0.25) is 5.91 Å². The summed E-state index contributed by atoms with van der Waals surface area (Å²) in [5.41, 5.74) is 2.12. The lowest BCUT2D eigenvalue weighted by Gasteiger charge is -2.17. The van der Waals surface area contributed by atoms with Gasteiger partial charge in [-0.25, -0.2) is 0 Å². The van der Waals surface area contributed by atoms with Gasteiger partial charge < -0.3 is 19.1 Å². The molecular formula is C24H29NO5S. The van der Waals surface area contributed by atoms with E-state index in [1.54, 1.807) is 18.9 Å². The number of carbonyl (C=O) groups excluding carboxylic acids is 2. The molecule has 1 heterocycles. The molecule has 0 bridgehead atoms. The molecule has 0 aliphatic carbocycles. The molecule has 1 fully saturated rings. The van der Waals surface area contributed by atoms with Crippen LogP contribution in [-0.4, -0.2) is 55.1 Å². The average Bonchev–Trinajstić information content (AvgIpc) is 3.29. The molecule has 1 amide bonds. The Hall–Kier alpha value is -2.67. The number of hydrogen-bond acceptors (Lipinski definition) is 6. The molecule has 0 radical (unpaired) electrons. The highest BCUT2D eigenvalue weighted by molar-refractivity contribution is 8.00. The zero-order valence-electron chi connectivity index (χ0n) is 18.0. The predicted octanol–water partition coefficient (Wildman–Crippen LogP) is 3.71. The Kier molecular flexibility index (Phi) is 8.64. The summed E-state index contributed by atoms with van der Waals surface area (Å²) in [6.07, 6.45) is 1.99. The fourth-order valence-electron chi connectivity index (χ4n) is 3.47. The Morgan fingerprint density at radius 2 is 1.87 bits per heavy atom. The van der Waals surface area contributed by atoms with Crippen molar-refractivity contribution in [2.24, 2.45) is 0 Å². The Morgan fingerprint density at radius 3 is 2.61 bits per heavy atom. The maximum Gasteiger partial charge on any atom is 0.315 e. The number of methoxy groups -OCH3 is 2. The summed E-state index contributed by atoms with van der Waals surface area (Å²) in [4.78, 5) is 25.8. The summed E-state index contributed by atoms with van der Waals surface area (Å²) >= 11 is 1.56. The molecule has 2 aromatic rings. The molecule has 1 atom stereocenters. The smallest absolute Gasteiger partial charge is 0.315 e. The first-order valence-corrected chi connectivity index (χ1v) is 11.4.